The lowest BCUT2D eigenvalue weighted by Crippen LogP contribution is -2.32. The maximum absolute atomic E-state index is 13.3. The third-order valence-corrected chi connectivity index (χ3v) is 9.92. The Hall–Kier alpha value is -1.09. The van der Waals surface area contributed by atoms with Gasteiger partial charge in [-0.2, -0.15) is 0 Å². The second-order valence-corrected chi connectivity index (χ2v) is 10.7. The lowest BCUT2D eigenvalue weighted by atomic mass is 10.3. The first-order valence-corrected chi connectivity index (χ1v) is 12.7. The Kier molecular flexibility index (Phi) is 10.7. The van der Waals surface area contributed by atoms with Crippen LogP contribution < -0.4 is 0 Å². The highest BCUT2D eigenvalue weighted by Gasteiger charge is 2.50. The van der Waals surface area contributed by atoms with Crippen LogP contribution in [0, 0.1) is 0 Å². The van der Waals surface area contributed by atoms with Gasteiger partial charge in [0.15, 0.2) is 5.40 Å². The summed E-state index contributed by atoms with van der Waals surface area (Å²) >= 11 is 0. The van der Waals surface area contributed by atoms with Crippen molar-refractivity contribution in [2.24, 2.45) is 0 Å². The van der Waals surface area contributed by atoms with Crippen LogP contribution in [0.15, 0.2) is 0 Å². The van der Waals surface area contributed by atoms with E-state index in [1.807, 2.05) is 0 Å². The Morgan fingerprint density at radius 2 is 1.24 bits per heavy atom. The Bertz CT molecular complexity index is 617. The first-order chi connectivity index (χ1) is 13.7. The van der Waals surface area contributed by atoms with Crippen LogP contribution in [0.3, 0.4) is 0 Å². The van der Waals surface area contributed by atoms with Crippen molar-refractivity contribution < 1.29 is 46.4 Å². The van der Waals surface area contributed by atoms with Crippen molar-refractivity contribution in [3.63, 3.8) is 0 Å². The number of hydroxylamine groups is 2. The Labute approximate surface area is 170 Å². The van der Waals surface area contributed by atoms with Crippen LogP contribution in [0.1, 0.15) is 53.4 Å². The Morgan fingerprint density at radius 3 is 1.59 bits per heavy atom. The molecule has 29 heavy (non-hydrogen) atoms. The molecule has 1 aliphatic heterocycles. The normalized spacial score (nSPS) is 15.4. The molecule has 0 saturated carbocycles. The molecule has 1 fully saturated rings. The zero-order valence-electron chi connectivity index (χ0n) is 17.2. The molecule has 13 heteroatoms. The Morgan fingerprint density at radius 1 is 0.862 bits per heavy atom. The largest absolute Gasteiger partial charge is 0.345 e. The summed E-state index contributed by atoms with van der Waals surface area (Å²) in [7, 11) is -7.99. The van der Waals surface area contributed by atoms with Gasteiger partial charge in [0.05, 0.1) is 26.4 Å². The highest BCUT2D eigenvalue weighted by Crippen LogP contribution is 2.71. The smallest absolute Gasteiger partial charge is 0.330 e. The lowest BCUT2D eigenvalue weighted by molar-refractivity contribution is -0.197. The molecule has 0 unspecified atom stereocenters. The summed E-state index contributed by atoms with van der Waals surface area (Å²) in [6.07, 6.45) is -0.787. The summed E-state index contributed by atoms with van der Waals surface area (Å²) in [4.78, 5) is 40.1. The summed E-state index contributed by atoms with van der Waals surface area (Å²) in [5.41, 5.74) is 0. The van der Waals surface area contributed by atoms with Crippen molar-refractivity contribution in [1.29, 1.82) is 0 Å². The molecule has 1 aliphatic rings. The molecule has 0 aliphatic carbocycles. The van der Waals surface area contributed by atoms with Crippen LogP contribution >= 0.6 is 15.2 Å². The van der Waals surface area contributed by atoms with E-state index in [2.05, 4.69) is 0 Å². The van der Waals surface area contributed by atoms with Crippen LogP contribution in [-0.4, -0.2) is 54.7 Å². The van der Waals surface area contributed by atoms with Crippen molar-refractivity contribution in [1.82, 2.24) is 5.06 Å². The average molecular weight is 457 g/mol. The number of nitrogens with zero attached hydrogens (tertiary/aromatic N) is 1. The number of carbonyl (C=O) groups excluding carboxylic acids is 3. The van der Waals surface area contributed by atoms with Gasteiger partial charge in [-0.05, 0) is 34.1 Å². The minimum Gasteiger partial charge on any atom is -0.330 e. The van der Waals surface area contributed by atoms with Gasteiger partial charge in [0.1, 0.15) is 0 Å². The molecule has 0 atom stereocenters. The molecule has 11 nitrogen and oxygen atoms in total. The number of hydrogen-bond acceptors (Lipinski definition) is 10. The summed E-state index contributed by atoms with van der Waals surface area (Å²) < 4.78 is 47.9. The standard InChI is InChI=1S/C16H29NO10P2/c1-5-23-28(21,24-6-2)16(29(22,25-7-3)26-8-4)12-11-15(20)27-17-13(18)9-10-14(17)19/h16H,5-12H2,1-4H3. The second-order valence-electron chi connectivity index (χ2n) is 5.82. The van der Waals surface area contributed by atoms with Gasteiger partial charge < -0.3 is 22.9 Å². The quantitative estimate of drug-likeness (QED) is 0.283. The SMILES string of the molecule is CCOP(=O)(OCC)C(CCC(=O)ON1C(=O)CCC1=O)P(=O)(OCC)OCC. The molecule has 1 saturated heterocycles. The van der Waals surface area contributed by atoms with E-state index >= 15 is 0 Å². The van der Waals surface area contributed by atoms with Crippen molar-refractivity contribution in [2.45, 2.75) is 58.8 Å². The first-order valence-electron chi connectivity index (χ1n) is 9.51. The minimum atomic E-state index is -4.00. The maximum Gasteiger partial charge on any atom is 0.345 e. The monoisotopic (exact) mass is 457 g/mol. The molecule has 2 amide bonds. The number of hydrogen-bond donors (Lipinski definition) is 0. The molecule has 0 aromatic carbocycles. The summed E-state index contributed by atoms with van der Waals surface area (Å²) in [6.45, 7) is 6.39. The van der Waals surface area contributed by atoms with Crippen molar-refractivity contribution in [3.8, 4) is 0 Å². The van der Waals surface area contributed by atoms with Crippen LogP contribution in [0.25, 0.3) is 0 Å². The zero-order chi connectivity index (χ0) is 22.1. The molecule has 1 heterocycles. The molecule has 0 bridgehead atoms. The van der Waals surface area contributed by atoms with E-state index in [4.69, 9.17) is 22.9 Å². The van der Waals surface area contributed by atoms with Gasteiger partial charge >= 0.3 is 21.2 Å². The van der Waals surface area contributed by atoms with Gasteiger partial charge in [-0.15, -0.1) is 5.06 Å². The van der Waals surface area contributed by atoms with E-state index in [1.165, 1.54) is 0 Å². The lowest BCUT2D eigenvalue weighted by Gasteiger charge is -2.31. The second kappa shape index (κ2) is 11.9. The van der Waals surface area contributed by atoms with Gasteiger partial charge in [-0.1, -0.05) is 0 Å². The minimum absolute atomic E-state index is 0.00720. The van der Waals surface area contributed by atoms with E-state index < -0.39 is 44.8 Å². The van der Waals surface area contributed by atoms with Crippen LogP contribution in [-0.2, 0) is 46.4 Å². The molecular weight excluding hydrogens is 428 g/mol. The van der Waals surface area contributed by atoms with Gasteiger partial charge in [-0.25, -0.2) is 4.79 Å². The van der Waals surface area contributed by atoms with Gasteiger partial charge in [0.2, 0.25) is 0 Å². The first kappa shape index (κ1) is 25.9. The number of imide groups is 1. The summed E-state index contributed by atoms with van der Waals surface area (Å²) in [6, 6.07) is 0. The zero-order valence-corrected chi connectivity index (χ0v) is 18.9. The number of amides is 2. The Balaban J connectivity index is 3.05. The topological polar surface area (TPSA) is 135 Å². The van der Waals surface area contributed by atoms with Crippen LogP contribution in [0.2, 0.25) is 0 Å². The third kappa shape index (κ3) is 6.98. The van der Waals surface area contributed by atoms with Crippen molar-refractivity contribution in [2.75, 3.05) is 26.4 Å². The average Bonchev–Trinajstić information content (AvgIpc) is 2.94. The fourth-order valence-corrected chi connectivity index (χ4v) is 8.03. The summed E-state index contributed by atoms with van der Waals surface area (Å²) in [5.74, 6) is -2.18. The molecule has 0 radical (unpaired) electrons. The fraction of sp³-hybridized carbons (Fsp3) is 0.812. The van der Waals surface area contributed by atoms with E-state index in [0.717, 1.165) is 0 Å². The highest BCUT2D eigenvalue weighted by molar-refractivity contribution is 7.72. The predicted molar refractivity (Wildman–Crippen MR) is 102 cm³/mol. The third-order valence-electron chi connectivity index (χ3n) is 3.77. The van der Waals surface area contributed by atoms with E-state index in [-0.39, 0.29) is 45.7 Å². The predicted octanol–water partition coefficient (Wildman–Crippen LogP) is 3.23. The molecule has 168 valence electrons. The van der Waals surface area contributed by atoms with Gasteiger partial charge in [0, 0.05) is 19.3 Å². The molecule has 0 aromatic heterocycles. The molecule has 1 rings (SSSR count). The van der Waals surface area contributed by atoms with Gasteiger partial charge in [-0.3, -0.25) is 18.7 Å². The van der Waals surface area contributed by atoms with E-state index in [1.54, 1.807) is 27.7 Å². The summed E-state index contributed by atoms with van der Waals surface area (Å²) in [5, 5.41) is -0.973. The molecule has 0 spiro atoms. The number of carbonyl (C=O) groups is 3. The van der Waals surface area contributed by atoms with Crippen molar-refractivity contribution in [3.05, 3.63) is 0 Å². The van der Waals surface area contributed by atoms with E-state index in [0.29, 0.717) is 5.06 Å². The van der Waals surface area contributed by atoms with Crippen LogP contribution in [0.5, 0.6) is 0 Å². The maximum atomic E-state index is 13.3. The van der Waals surface area contributed by atoms with Crippen molar-refractivity contribution >= 4 is 33.0 Å². The number of rotatable bonds is 14. The molecular formula is C16H29NO10P2. The highest BCUT2D eigenvalue weighted by atomic mass is 31.2. The van der Waals surface area contributed by atoms with Gasteiger partial charge in [0.25, 0.3) is 11.8 Å². The molecule has 0 N–H and O–H groups in total. The van der Waals surface area contributed by atoms with Crippen LogP contribution in [0.4, 0.5) is 0 Å². The van der Waals surface area contributed by atoms with E-state index in [9.17, 15) is 23.5 Å². The fourth-order valence-electron chi connectivity index (χ4n) is 2.68. The molecule has 0 aromatic rings.